The largest absolute Gasteiger partial charge is 0.464 e. The Labute approximate surface area is 122 Å². The van der Waals surface area contributed by atoms with Gasteiger partial charge in [0.25, 0.3) is 0 Å². The Bertz CT molecular complexity index is 759. The van der Waals surface area contributed by atoms with Gasteiger partial charge >= 0.3 is 5.97 Å². The number of nitriles is 1. The van der Waals surface area contributed by atoms with E-state index in [0.717, 1.165) is 0 Å². The second kappa shape index (κ2) is 5.78. The van der Waals surface area contributed by atoms with Gasteiger partial charge in [-0.15, -0.1) is 0 Å². The number of carbonyl (C=O) groups excluding carboxylic acids is 1. The van der Waals surface area contributed by atoms with Crippen LogP contribution < -0.4 is 5.73 Å². The topological polar surface area (TPSA) is 118 Å². The summed E-state index contributed by atoms with van der Waals surface area (Å²) in [5, 5.41) is 9.01. The van der Waals surface area contributed by atoms with Crippen molar-refractivity contribution >= 4 is 22.7 Å². The van der Waals surface area contributed by atoms with Crippen LogP contribution in [-0.2, 0) is 15.8 Å². The number of nitrogen functional groups attached to an aromatic ring is 1. The average Bonchev–Trinajstić information content (AvgIpc) is 2.83. The molecule has 8 heteroatoms. The van der Waals surface area contributed by atoms with E-state index in [1.807, 2.05) is 6.07 Å². The van der Waals surface area contributed by atoms with Crippen LogP contribution in [0.25, 0.3) is 5.69 Å². The Morgan fingerprint density at radius 1 is 1.43 bits per heavy atom. The highest BCUT2D eigenvalue weighted by molar-refractivity contribution is 7.79. The zero-order valence-electron chi connectivity index (χ0n) is 10.9. The molecule has 2 rings (SSSR count). The van der Waals surface area contributed by atoms with E-state index >= 15 is 0 Å². The molecule has 0 aliphatic heterocycles. The molecule has 0 fully saturated rings. The first-order valence-corrected chi connectivity index (χ1v) is 6.80. The molecule has 0 radical (unpaired) electrons. The number of ether oxygens (including phenoxy) is 1. The van der Waals surface area contributed by atoms with Gasteiger partial charge in [0.1, 0.15) is 6.07 Å². The SMILES string of the molecule is COC(=O)c1c(N)c(C#N)cn1-c1ccc(S(=O)O)cc1. The quantitative estimate of drug-likeness (QED) is 0.651. The van der Waals surface area contributed by atoms with Crippen LogP contribution in [0.5, 0.6) is 0 Å². The van der Waals surface area contributed by atoms with E-state index in [0.29, 0.717) is 5.69 Å². The van der Waals surface area contributed by atoms with Crippen molar-refractivity contribution in [3.05, 3.63) is 41.7 Å². The summed E-state index contributed by atoms with van der Waals surface area (Å²) in [5.74, 6) is -0.677. The van der Waals surface area contributed by atoms with E-state index in [1.165, 1.54) is 42.1 Å². The number of rotatable bonds is 3. The maximum Gasteiger partial charge on any atom is 0.357 e. The van der Waals surface area contributed by atoms with Crippen molar-refractivity contribution in [2.24, 2.45) is 0 Å². The highest BCUT2D eigenvalue weighted by Crippen LogP contribution is 2.25. The third-order valence-electron chi connectivity index (χ3n) is 2.86. The van der Waals surface area contributed by atoms with Gasteiger partial charge in [-0.3, -0.25) is 0 Å². The van der Waals surface area contributed by atoms with Crippen LogP contribution in [0, 0.1) is 11.3 Å². The third-order valence-corrected chi connectivity index (χ3v) is 3.54. The van der Waals surface area contributed by atoms with Gasteiger partial charge in [0.05, 0.1) is 23.3 Å². The number of esters is 1. The number of benzene rings is 1. The molecule has 1 aromatic carbocycles. The molecule has 0 spiro atoms. The van der Waals surface area contributed by atoms with Gasteiger partial charge in [-0.2, -0.15) is 5.26 Å². The van der Waals surface area contributed by atoms with Crippen molar-refractivity contribution < 1.29 is 18.3 Å². The lowest BCUT2D eigenvalue weighted by Gasteiger charge is -2.08. The summed E-state index contributed by atoms with van der Waals surface area (Å²) in [5.41, 5.74) is 6.49. The number of hydrogen-bond donors (Lipinski definition) is 2. The van der Waals surface area contributed by atoms with Gasteiger partial charge in [0.2, 0.25) is 0 Å². The lowest BCUT2D eigenvalue weighted by atomic mass is 10.2. The summed E-state index contributed by atoms with van der Waals surface area (Å²) in [6.07, 6.45) is 1.41. The second-order valence-corrected chi connectivity index (χ2v) is 4.99. The van der Waals surface area contributed by atoms with E-state index in [2.05, 4.69) is 4.74 Å². The van der Waals surface area contributed by atoms with E-state index in [1.54, 1.807) is 0 Å². The van der Waals surface area contributed by atoms with E-state index < -0.39 is 17.0 Å². The molecule has 1 atom stereocenters. The molecule has 7 nitrogen and oxygen atoms in total. The summed E-state index contributed by atoms with van der Waals surface area (Å²) in [6.45, 7) is 0. The third kappa shape index (κ3) is 2.65. The Kier molecular flexibility index (Phi) is 4.07. The summed E-state index contributed by atoms with van der Waals surface area (Å²) in [6, 6.07) is 7.85. The molecule has 3 N–H and O–H groups in total. The number of anilines is 1. The zero-order chi connectivity index (χ0) is 15.6. The zero-order valence-corrected chi connectivity index (χ0v) is 11.8. The fraction of sp³-hybridized carbons (Fsp3) is 0.0769. The van der Waals surface area contributed by atoms with Gasteiger partial charge in [0.15, 0.2) is 16.8 Å². The first-order chi connectivity index (χ1) is 9.99. The van der Waals surface area contributed by atoms with Crippen molar-refractivity contribution in [1.82, 2.24) is 4.57 Å². The van der Waals surface area contributed by atoms with Gasteiger partial charge in [-0.1, -0.05) is 0 Å². The molecule has 0 aliphatic rings. The van der Waals surface area contributed by atoms with E-state index in [4.69, 9.17) is 15.5 Å². The van der Waals surface area contributed by atoms with Crippen molar-refractivity contribution in [2.45, 2.75) is 4.90 Å². The van der Waals surface area contributed by atoms with Crippen LogP contribution in [0.15, 0.2) is 35.4 Å². The molecule has 2 aromatic rings. The molecular weight excluding hydrogens is 294 g/mol. The summed E-state index contributed by atoms with van der Waals surface area (Å²) in [7, 11) is 1.21. The number of carbonyl (C=O) groups is 1. The van der Waals surface area contributed by atoms with Crippen molar-refractivity contribution in [3.8, 4) is 11.8 Å². The van der Waals surface area contributed by atoms with Crippen molar-refractivity contribution in [3.63, 3.8) is 0 Å². The van der Waals surface area contributed by atoms with Gasteiger partial charge in [0, 0.05) is 11.9 Å². The predicted molar refractivity (Wildman–Crippen MR) is 75.3 cm³/mol. The monoisotopic (exact) mass is 305 g/mol. The van der Waals surface area contributed by atoms with Crippen LogP contribution >= 0.6 is 0 Å². The molecule has 1 unspecified atom stereocenters. The van der Waals surface area contributed by atoms with E-state index in [-0.39, 0.29) is 21.8 Å². The summed E-state index contributed by atoms with van der Waals surface area (Å²) < 4.78 is 26.0. The summed E-state index contributed by atoms with van der Waals surface area (Å²) >= 11 is -2.09. The second-order valence-electron chi connectivity index (χ2n) is 4.02. The first kappa shape index (κ1) is 14.8. The van der Waals surface area contributed by atoms with E-state index in [9.17, 15) is 9.00 Å². The minimum Gasteiger partial charge on any atom is -0.464 e. The normalized spacial score (nSPS) is 11.7. The molecule has 0 saturated carbocycles. The highest BCUT2D eigenvalue weighted by atomic mass is 32.2. The van der Waals surface area contributed by atoms with Gasteiger partial charge in [-0.05, 0) is 24.3 Å². The molecule has 108 valence electrons. The first-order valence-electron chi connectivity index (χ1n) is 5.70. The summed E-state index contributed by atoms with van der Waals surface area (Å²) in [4.78, 5) is 12.0. The van der Waals surface area contributed by atoms with Crippen LogP contribution in [0.4, 0.5) is 5.69 Å². The number of aromatic nitrogens is 1. The molecule has 21 heavy (non-hydrogen) atoms. The van der Waals surface area contributed by atoms with Crippen LogP contribution in [0.2, 0.25) is 0 Å². The number of methoxy groups -OCH3 is 1. The molecule has 1 heterocycles. The van der Waals surface area contributed by atoms with Crippen molar-refractivity contribution in [2.75, 3.05) is 12.8 Å². The van der Waals surface area contributed by atoms with Gasteiger partial charge < -0.3 is 19.6 Å². The highest BCUT2D eigenvalue weighted by Gasteiger charge is 2.21. The Morgan fingerprint density at radius 2 is 2.05 bits per heavy atom. The minimum atomic E-state index is -2.09. The van der Waals surface area contributed by atoms with Crippen LogP contribution in [-0.4, -0.2) is 26.4 Å². The number of nitrogens with two attached hydrogens (primary N) is 1. The molecule has 1 aromatic heterocycles. The Morgan fingerprint density at radius 3 is 2.52 bits per heavy atom. The van der Waals surface area contributed by atoms with Crippen LogP contribution in [0.3, 0.4) is 0 Å². The fourth-order valence-electron chi connectivity index (χ4n) is 1.84. The minimum absolute atomic E-state index is 0.0270. The maximum absolute atomic E-state index is 11.8. The molecule has 0 bridgehead atoms. The average molecular weight is 305 g/mol. The van der Waals surface area contributed by atoms with Crippen molar-refractivity contribution in [1.29, 1.82) is 5.26 Å². The number of nitrogens with zero attached hydrogens (tertiary/aromatic N) is 2. The predicted octanol–water partition coefficient (Wildman–Crippen LogP) is 1.30. The Balaban J connectivity index is 2.60. The molecule has 0 aliphatic carbocycles. The molecular formula is C13H11N3O4S. The lowest BCUT2D eigenvalue weighted by Crippen LogP contribution is -2.11. The fourth-order valence-corrected chi connectivity index (χ4v) is 2.21. The van der Waals surface area contributed by atoms with Gasteiger partial charge in [-0.25, -0.2) is 9.00 Å². The molecule has 0 amide bonds. The van der Waals surface area contributed by atoms with Crippen LogP contribution in [0.1, 0.15) is 16.1 Å². The maximum atomic E-state index is 11.8. The smallest absolute Gasteiger partial charge is 0.357 e. The molecule has 0 saturated heterocycles. The lowest BCUT2D eigenvalue weighted by molar-refractivity contribution is 0.0593. The number of hydrogen-bond acceptors (Lipinski definition) is 5. The Hall–Kier alpha value is -2.63. The standard InChI is InChI=1S/C13H11N3O4S/c1-20-13(17)12-11(15)8(6-14)7-16(12)9-2-4-10(5-3-9)21(18)19/h2-5,7H,15H2,1H3,(H,18,19).